The smallest absolute Gasteiger partial charge is 0.326 e. The molecule has 0 aromatic heterocycles. The minimum Gasteiger partial charge on any atom is -0.508 e. The monoisotopic (exact) mass is 537 g/mol. The fourth-order valence-electron chi connectivity index (χ4n) is 4.24. The van der Waals surface area contributed by atoms with Crippen molar-refractivity contribution >= 4 is 35.5 Å². The molecule has 0 aliphatic carbocycles. The van der Waals surface area contributed by atoms with Gasteiger partial charge in [-0.3, -0.25) is 14.4 Å². The SMILES string of the molecule is CSCCC(N)C(=O)NC(Cc1ccc(O)cc1)C(=O)NC(CCCCN)C(=O)N1CCCC1C(=O)O. The van der Waals surface area contributed by atoms with Crippen molar-refractivity contribution in [1.29, 1.82) is 0 Å². The van der Waals surface area contributed by atoms with E-state index < -0.39 is 47.9 Å². The lowest BCUT2D eigenvalue weighted by molar-refractivity contribution is -0.149. The third-order valence-electron chi connectivity index (χ3n) is 6.36. The van der Waals surface area contributed by atoms with Gasteiger partial charge in [0, 0.05) is 13.0 Å². The van der Waals surface area contributed by atoms with Gasteiger partial charge >= 0.3 is 5.97 Å². The number of carboxylic acids is 1. The molecule has 3 amide bonds. The van der Waals surface area contributed by atoms with E-state index in [1.807, 2.05) is 6.26 Å². The van der Waals surface area contributed by atoms with E-state index in [-0.39, 0.29) is 18.6 Å². The maximum atomic E-state index is 13.4. The van der Waals surface area contributed by atoms with Crippen LogP contribution in [0.3, 0.4) is 0 Å². The van der Waals surface area contributed by atoms with Crippen LogP contribution in [0.15, 0.2) is 24.3 Å². The summed E-state index contributed by atoms with van der Waals surface area (Å²) in [6, 6.07) is 2.53. The van der Waals surface area contributed by atoms with Crippen LogP contribution in [-0.2, 0) is 25.6 Å². The second kappa shape index (κ2) is 15.4. The van der Waals surface area contributed by atoms with Crippen LogP contribution >= 0.6 is 11.8 Å². The number of hydrogen-bond acceptors (Lipinski definition) is 8. The molecule has 8 N–H and O–H groups in total. The summed E-state index contributed by atoms with van der Waals surface area (Å²) in [6.07, 6.45) is 4.87. The van der Waals surface area contributed by atoms with Gasteiger partial charge in [-0.15, -0.1) is 0 Å². The normalized spacial score (nSPS) is 17.6. The predicted octanol–water partition coefficient (Wildman–Crippen LogP) is 0.189. The van der Waals surface area contributed by atoms with E-state index in [0.29, 0.717) is 56.5 Å². The second-order valence-electron chi connectivity index (χ2n) is 9.19. The first kappa shape index (κ1) is 30.4. The first-order valence-corrected chi connectivity index (χ1v) is 13.9. The summed E-state index contributed by atoms with van der Waals surface area (Å²) >= 11 is 1.56. The maximum Gasteiger partial charge on any atom is 0.326 e. The van der Waals surface area contributed by atoms with Crippen molar-refractivity contribution in [3.8, 4) is 5.75 Å². The molecule has 1 fully saturated rings. The highest BCUT2D eigenvalue weighted by Gasteiger charge is 2.38. The number of aliphatic carboxylic acids is 1. The number of thioether (sulfide) groups is 1. The lowest BCUT2D eigenvalue weighted by Crippen LogP contribution is -2.57. The Labute approximate surface area is 221 Å². The molecule has 1 heterocycles. The van der Waals surface area contributed by atoms with Crippen LogP contribution in [0.5, 0.6) is 5.75 Å². The first-order valence-electron chi connectivity index (χ1n) is 12.5. The molecule has 206 valence electrons. The number of nitrogens with one attached hydrogen (secondary N) is 2. The van der Waals surface area contributed by atoms with Gasteiger partial charge in [0.1, 0.15) is 23.9 Å². The maximum absolute atomic E-state index is 13.4. The van der Waals surface area contributed by atoms with Crippen molar-refractivity contribution in [3.63, 3.8) is 0 Å². The Morgan fingerprint density at radius 2 is 1.76 bits per heavy atom. The molecular formula is C25H39N5O6S. The van der Waals surface area contributed by atoms with Crippen molar-refractivity contribution in [1.82, 2.24) is 15.5 Å². The number of nitrogens with two attached hydrogens (primary N) is 2. The Morgan fingerprint density at radius 1 is 1.08 bits per heavy atom. The fourth-order valence-corrected chi connectivity index (χ4v) is 4.73. The van der Waals surface area contributed by atoms with Gasteiger partial charge in [-0.05, 0) is 74.8 Å². The molecule has 1 saturated heterocycles. The molecule has 0 bridgehead atoms. The minimum absolute atomic E-state index is 0.0667. The summed E-state index contributed by atoms with van der Waals surface area (Å²) in [5.74, 6) is -1.84. The van der Waals surface area contributed by atoms with Gasteiger partial charge < -0.3 is 37.2 Å². The van der Waals surface area contributed by atoms with Gasteiger partial charge in [0.25, 0.3) is 0 Å². The van der Waals surface area contributed by atoms with Gasteiger partial charge in [-0.25, -0.2) is 4.79 Å². The van der Waals surface area contributed by atoms with Gasteiger partial charge in [-0.1, -0.05) is 12.1 Å². The van der Waals surface area contributed by atoms with E-state index in [4.69, 9.17) is 11.5 Å². The zero-order chi connectivity index (χ0) is 27.4. The summed E-state index contributed by atoms with van der Waals surface area (Å²) < 4.78 is 0. The number of hydrogen-bond donors (Lipinski definition) is 6. The number of amides is 3. The number of rotatable bonds is 15. The van der Waals surface area contributed by atoms with E-state index in [0.717, 1.165) is 0 Å². The Balaban J connectivity index is 2.23. The number of carboxylic acid groups (broad SMARTS) is 1. The van der Waals surface area contributed by atoms with Crippen molar-refractivity contribution in [2.75, 3.05) is 25.1 Å². The molecule has 2 rings (SSSR count). The quantitative estimate of drug-likeness (QED) is 0.170. The Bertz CT molecular complexity index is 915. The van der Waals surface area contributed by atoms with Crippen LogP contribution < -0.4 is 22.1 Å². The second-order valence-corrected chi connectivity index (χ2v) is 10.2. The van der Waals surface area contributed by atoms with E-state index >= 15 is 0 Å². The molecule has 0 spiro atoms. The van der Waals surface area contributed by atoms with Crippen molar-refractivity contribution in [2.45, 2.75) is 69.1 Å². The van der Waals surface area contributed by atoms with Gasteiger partial charge in [-0.2, -0.15) is 11.8 Å². The molecule has 0 radical (unpaired) electrons. The number of unbranched alkanes of at least 4 members (excludes halogenated alkanes) is 1. The van der Waals surface area contributed by atoms with Crippen LogP contribution in [0.1, 0.15) is 44.1 Å². The minimum atomic E-state index is -1.07. The van der Waals surface area contributed by atoms with Crippen molar-refractivity contribution in [2.24, 2.45) is 11.5 Å². The average Bonchev–Trinajstić information content (AvgIpc) is 3.37. The molecule has 1 aliphatic heterocycles. The molecule has 1 aromatic carbocycles. The summed E-state index contributed by atoms with van der Waals surface area (Å²) in [7, 11) is 0. The molecule has 0 saturated carbocycles. The van der Waals surface area contributed by atoms with E-state index in [1.165, 1.54) is 17.0 Å². The van der Waals surface area contributed by atoms with Crippen LogP contribution in [0, 0.1) is 0 Å². The van der Waals surface area contributed by atoms with Gasteiger partial charge in [0.05, 0.1) is 6.04 Å². The van der Waals surface area contributed by atoms with Crippen molar-refractivity contribution in [3.05, 3.63) is 29.8 Å². The number of aromatic hydroxyl groups is 1. The van der Waals surface area contributed by atoms with Crippen LogP contribution in [0.25, 0.3) is 0 Å². The standard InChI is InChI=1S/C25H39N5O6S/c1-37-14-11-18(27)22(32)29-20(15-16-7-9-17(31)10-8-16)23(33)28-19(5-2-3-12-26)24(34)30-13-4-6-21(30)25(35)36/h7-10,18-21,31H,2-6,11-15,26-27H2,1H3,(H,28,33)(H,29,32)(H,35,36). The van der Waals surface area contributed by atoms with Crippen LogP contribution in [0.4, 0.5) is 0 Å². The van der Waals surface area contributed by atoms with Crippen LogP contribution in [-0.4, -0.2) is 88.1 Å². The van der Waals surface area contributed by atoms with Crippen LogP contribution in [0.2, 0.25) is 0 Å². The number of nitrogens with zero attached hydrogens (tertiary/aromatic N) is 1. The summed E-state index contributed by atoms with van der Waals surface area (Å²) in [5, 5.41) is 24.6. The Kier molecular flexibility index (Phi) is 12.7. The number of carbonyl (C=O) groups excluding carboxylic acids is 3. The summed E-state index contributed by atoms with van der Waals surface area (Å²) in [6.45, 7) is 0.723. The molecule has 37 heavy (non-hydrogen) atoms. The van der Waals surface area contributed by atoms with Gasteiger partial charge in [0.15, 0.2) is 0 Å². The predicted molar refractivity (Wildman–Crippen MR) is 142 cm³/mol. The number of benzene rings is 1. The topological polar surface area (TPSA) is 188 Å². The highest BCUT2D eigenvalue weighted by molar-refractivity contribution is 7.98. The largest absolute Gasteiger partial charge is 0.508 e. The molecule has 4 atom stereocenters. The number of likely N-dealkylation sites (tertiary alicyclic amines) is 1. The zero-order valence-corrected chi connectivity index (χ0v) is 22.0. The van der Waals surface area contributed by atoms with E-state index in [9.17, 15) is 29.4 Å². The highest BCUT2D eigenvalue weighted by Crippen LogP contribution is 2.20. The van der Waals surface area contributed by atoms with Gasteiger partial charge in [0.2, 0.25) is 17.7 Å². The Hall–Kier alpha value is -2.83. The van der Waals surface area contributed by atoms with Crippen molar-refractivity contribution < 1.29 is 29.4 Å². The highest BCUT2D eigenvalue weighted by atomic mass is 32.2. The number of phenolic OH excluding ortho intramolecular Hbond substituents is 1. The molecule has 12 heteroatoms. The molecule has 1 aliphatic rings. The zero-order valence-electron chi connectivity index (χ0n) is 21.2. The fraction of sp³-hybridized carbons (Fsp3) is 0.600. The first-order chi connectivity index (χ1) is 17.7. The summed E-state index contributed by atoms with van der Waals surface area (Å²) in [4.78, 5) is 52.5. The number of phenols is 1. The Morgan fingerprint density at radius 3 is 2.38 bits per heavy atom. The third kappa shape index (κ3) is 9.52. The average molecular weight is 538 g/mol. The third-order valence-corrected chi connectivity index (χ3v) is 7.01. The molecule has 11 nitrogen and oxygen atoms in total. The molecular weight excluding hydrogens is 498 g/mol. The lowest BCUT2D eigenvalue weighted by atomic mass is 10.0. The van der Waals surface area contributed by atoms with E-state index in [2.05, 4.69) is 10.6 Å². The summed E-state index contributed by atoms with van der Waals surface area (Å²) in [5.41, 5.74) is 12.3. The van der Waals surface area contributed by atoms with E-state index in [1.54, 1.807) is 23.9 Å². The lowest BCUT2D eigenvalue weighted by Gasteiger charge is -2.29. The number of carbonyl (C=O) groups is 4. The molecule has 1 aromatic rings. The molecule has 4 unspecified atom stereocenters.